The molecule has 0 fully saturated rings. The summed E-state index contributed by atoms with van der Waals surface area (Å²) >= 11 is 0. The van der Waals surface area contributed by atoms with Crippen molar-refractivity contribution in [3.63, 3.8) is 0 Å². The number of amides is 1. The molecular formula is C17H17N3O. The van der Waals surface area contributed by atoms with E-state index >= 15 is 0 Å². The lowest BCUT2D eigenvalue weighted by molar-refractivity contribution is 0.0940. The lowest BCUT2D eigenvalue weighted by Crippen LogP contribution is -2.26. The number of nitrogen functional groups attached to an aromatic ring is 1. The number of H-pyrrole nitrogens is 1. The molecule has 0 aliphatic heterocycles. The highest BCUT2D eigenvalue weighted by molar-refractivity contribution is 5.98. The number of aromatic nitrogens is 1. The minimum atomic E-state index is -0.0811. The molecule has 0 aliphatic rings. The van der Waals surface area contributed by atoms with Crippen LogP contribution >= 0.6 is 0 Å². The second-order valence-electron chi connectivity index (χ2n) is 5.14. The van der Waals surface area contributed by atoms with Gasteiger partial charge in [-0.05, 0) is 48.9 Å². The maximum Gasteiger partial charge on any atom is 0.251 e. The van der Waals surface area contributed by atoms with Gasteiger partial charge in [-0.1, -0.05) is 12.1 Å². The largest absolute Gasteiger partial charge is 0.399 e. The number of nitrogens with two attached hydrogens (primary N) is 1. The van der Waals surface area contributed by atoms with Crippen molar-refractivity contribution in [2.75, 3.05) is 5.73 Å². The molecule has 4 N–H and O–H groups in total. The highest BCUT2D eigenvalue weighted by Crippen LogP contribution is 2.17. The summed E-state index contributed by atoms with van der Waals surface area (Å²) in [5.74, 6) is -0.0811. The van der Waals surface area contributed by atoms with E-state index in [1.807, 2.05) is 61.7 Å². The summed E-state index contributed by atoms with van der Waals surface area (Å²) in [7, 11) is 0. The van der Waals surface area contributed by atoms with Crippen molar-refractivity contribution in [3.05, 3.63) is 65.9 Å². The number of rotatable bonds is 3. The van der Waals surface area contributed by atoms with Gasteiger partial charge in [0.1, 0.15) is 0 Å². The van der Waals surface area contributed by atoms with Crippen LogP contribution < -0.4 is 11.1 Å². The third-order valence-electron chi connectivity index (χ3n) is 3.60. The Kier molecular flexibility index (Phi) is 3.36. The number of nitrogens with one attached hydrogen (secondary N) is 2. The smallest absolute Gasteiger partial charge is 0.251 e. The standard InChI is InChI=1S/C17H17N3O/c1-11(12-2-5-15(18)6-3-12)20-17(21)14-4-7-16-13(10-14)8-9-19-16/h2-11,19H,18H2,1H3,(H,20,21). The van der Waals surface area contributed by atoms with Gasteiger partial charge in [0.05, 0.1) is 6.04 Å². The van der Waals surface area contributed by atoms with E-state index in [-0.39, 0.29) is 11.9 Å². The number of benzene rings is 2. The SMILES string of the molecule is CC(NC(=O)c1ccc2[nH]ccc2c1)c1ccc(N)cc1. The van der Waals surface area contributed by atoms with Gasteiger partial charge in [0.2, 0.25) is 0 Å². The number of hydrogen-bond acceptors (Lipinski definition) is 2. The molecule has 0 aliphatic carbocycles. The Labute approximate surface area is 123 Å². The summed E-state index contributed by atoms with van der Waals surface area (Å²) in [6, 6.07) is 15.0. The Morgan fingerprint density at radius 3 is 2.67 bits per heavy atom. The van der Waals surface area contributed by atoms with Gasteiger partial charge in [-0.3, -0.25) is 4.79 Å². The van der Waals surface area contributed by atoms with Crippen molar-refractivity contribution in [2.24, 2.45) is 0 Å². The van der Waals surface area contributed by atoms with E-state index < -0.39 is 0 Å². The van der Waals surface area contributed by atoms with Gasteiger partial charge < -0.3 is 16.0 Å². The molecule has 106 valence electrons. The summed E-state index contributed by atoms with van der Waals surface area (Å²) in [6.07, 6.45) is 1.86. The second kappa shape index (κ2) is 5.32. The van der Waals surface area contributed by atoms with Gasteiger partial charge in [0.25, 0.3) is 5.91 Å². The summed E-state index contributed by atoms with van der Waals surface area (Å²) < 4.78 is 0. The van der Waals surface area contributed by atoms with Gasteiger partial charge in [0, 0.05) is 28.4 Å². The van der Waals surface area contributed by atoms with Gasteiger partial charge in [-0.25, -0.2) is 0 Å². The molecule has 1 amide bonds. The summed E-state index contributed by atoms with van der Waals surface area (Å²) in [4.78, 5) is 15.4. The van der Waals surface area contributed by atoms with Crippen LogP contribution in [-0.2, 0) is 0 Å². The molecular weight excluding hydrogens is 262 g/mol. The molecule has 1 unspecified atom stereocenters. The number of anilines is 1. The zero-order valence-electron chi connectivity index (χ0n) is 11.8. The van der Waals surface area contributed by atoms with Crippen LogP contribution in [0.3, 0.4) is 0 Å². The number of carbonyl (C=O) groups is 1. The van der Waals surface area contributed by atoms with Gasteiger partial charge in [-0.2, -0.15) is 0 Å². The molecule has 0 saturated carbocycles. The third-order valence-corrected chi connectivity index (χ3v) is 3.60. The van der Waals surface area contributed by atoms with E-state index in [4.69, 9.17) is 5.73 Å². The summed E-state index contributed by atoms with van der Waals surface area (Å²) in [6.45, 7) is 1.96. The van der Waals surface area contributed by atoms with Crippen molar-refractivity contribution < 1.29 is 4.79 Å². The first-order valence-electron chi connectivity index (χ1n) is 6.87. The summed E-state index contributed by atoms with van der Waals surface area (Å²) in [5, 5.41) is 4.03. The van der Waals surface area contributed by atoms with Crippen molar-refractivity contribution >= 4 is 22.5 Å². The first-order valence-corrected chi connectivity index (χ1v) is 6.87. The Morgan fingerprint density at radius 1 is 1.14 bits per heavy atom. The minimum absolute atomic E-state index is 0.0694. The molecule has 4 nitrogen and oxygen atoms in total. The molecule has 0 saturated heterocycles. The van der Waals surface area contributed by atoms with Crippen LogP contribution in [0.2, 0.25) is 0 Å². The molecule has 4 heteroatoms. The van der Waals surface area contributed by atoms with Crippen LogP contribution in [0.15, 0.2) is 54.7 Å². The highest BCUT2D eigenvalue weighted by Gasteiger charge is 2.12. The molecule has 0 spiro atoms. The highest BCUT2D eigenvalue weighted by atomic mass is 16.1. The average Bonchev–Trinajstić information content (AvgIpc) is 2.95. The fourth-order valence-electron chi connectivity index (χ4n) is 2.34. The van der Waals surface area contributed by atoms with E-state index in [1.165, 1.54) is 0 Å². The first kappa shape index (κ1) is 13.2. The maximum absolute atomic E-state index is 12.3. The third kappa shape index (κ3) is 2.74. The fraction of sp³-hybridized carbons (Fsp3) is 0.118. The molecule has 3 aromatic rings. The van der Waals surface area contributed by atoms with E-state index in [9.17, 15) is 4.79 Å². The van der Waals surface area contributed by atoms with Crippen LogP contribution in [-0.4, -0.2) is 10.9 Å². The molecule has 3 rings (SSSR count). The van der Waals surface area contributed by atoms with Crippen molar-refractivity contribution in [2.45, 2.75) is 13.0 Å². The van der Waals surface area contributed by atoms with E-state index in [0.717, 1.165) is 22.2 Å². The van der Waals surface area contributed by atoms with Crippen molar-refractivity contribution in [1.82, 2.24) is 10.3 Å². The van der Waals surface area contributed by atoms with E-state index in [2.05, 4.69) is 10.3 Å². The maximum atomic E-state index is 12.3. The summed E-state index contributed by atoms with van der Waals surface area (Å²) in [5.41, 5.74) is 9.10. The molecule has 0 bridgehead atoms. The molecule has 1 heterocycles. The van der Waals surface area contributed by atoms with Crippen LogP contribution in [0, 0.1) is 0 Å². The minimum Gasteiger partial charge on any atom is -0.399 e. The average molecular weight is 279 g/mol. The zero-order chi connectivity index (χ0) is 14.8. The monoisotopic (exact) mass is 279 g/mol. The van der Waals surface area contributed by atoms with Gasteiger partial charge in [0.15, 0.2) is 0 Å². The first-order chi connectivity index (χ1) is 10.1. The van der Waals surface area contributed by atoms with Crippen LogP contribution in [0.25, 0.3) is 10.9 Å². The molecule has 2 aromatic carbocycles. The Hall–Kier alpha value is -2.75. The van der Waals surface area contributed by atoms with Crippen molar-refractivity contribution in [3.8, 4) is 0 Å². The predicted octanol–water partition coefficient (Wildman–Crippen LogP) is 3.24. The Morgan fingerprint density at radius 2 is 1.90 bits per heavy atom. The predicted molar refractivity (Wildman–Crippen MR) is 85.0 cm³/mol. The number of aromatic amines is 1. The lowest BCUT2D eigenvalue weighted by atomic mass is 10.1. The fourth-order valence-corrected chi connectivity index (χ4v) is 2.34. The quantitative estimate of drug-likeness (QED) is 0.644. The van der Waals surface area contributed by atoms with E-state index in [0.29, 0.717) is 5.56 Å². The Bertz CT molecular complexity index is 774. The van der Waals surface area contributed by atoms with E-state index in [1.54, 1.807) is 0 Å². The van der Waals surface area contributed by atoms with Crippen LogP contribution in [0.4, 0.5) is 5.69 Å². The normalized spacial score (nSPS) is 12.2. The van der Waals surface area contributed by atoms with Gasteiger partial charge >= 0.3 is 0 Å². The molecule has 1 aromatic heterocycles. The Balaban J connectivity index is 1.77. The van der Waals surface area contributed by atoms with Crippen LogP contribution in [0.1, 0.15) is 28.9 Å². The number of hydrogen-bond donors (Lipinski definition) is 3. The molecule has 21 heavy (non-hydrogen) atoms. The van der Waals surface area contributed by atoms with Gasteiger partial charge in [-0.15, -0.1) is 0 Å². The zero-order valence-corrected chi connectivity index (χ0v) is 11.8. The topological polar surface area (TPSA) is 70.9 Å². The van der Waals surface area contributed by atoms with Crippen LogP contribution in [0.5, 0.6) is 0 Å². The lowest BCUT2D eigenvalue weighted by Gasteiger charge is -2.14. The van der Waals surface area contributed by atoms with Crippen molar-refractivity contribution in [1.29, 1.82) is 0 Å². The number of fused-ring (bicyclic) bond motifs is 1. The molecule has 0 radical (unpaired) electrons. The second-order valence-corrected chi connectivity index (χ2v) is 5.14. The number of carbonyl (C=O) groups excluding carboxylic acids is 1. The molecule has 1 atom stereocenters.